The van der Waals surface area contributed by atoms with Gasteiger partial charge in [0, 0.05) is 10.4 Å². The molecule has 0 saturated heterocycles. The number of nitrogens with zero attached hydrogens (tertiary/aromatic N) is 2. The van der Waals surface area contributed by atoms with E-state index in [9.17, 15) is 0 Å². The van der Waals surface area contributed by atoms with Gasteiger partial charge in [-0.3, -0.25) is 8.42 Å². The van der Waals surface area contributed by atoms with Gasteiger partial charge in [0.05, 0.1) is 22.1 Å². The molecule has 0 radical (unpaired) electrons. The van der Waals surface area contributed by atoms with Gasteiger partial charge in [0.15, 0.2) is 0 Å². The van der Waals surface area contributed by atoms with E-state index in [0.29, 0.717) is 0 Å². The summed E-state index contributed by atoms with van der Waals surface area (Å²) in [7, 11) is -5.17. The summed E-state index contributed by atoms with van der Waals surface area (Å²) in [5.74, 6) is 0. The van der Waals surface area contributed by atoms with Crippen LogP contribution in [0.4, 0.5) is 0 Å². The van der Waals surface area contributed by atoms with Gasteiger partial charge in [-0.05, 0) is 24.3 Å². The molecule has 3 aromatic rings. The van der Waals surface area contributed by atoms with E-state index in [-0.39, 0.29) is 103 Å². The van der Waals surface area contributed by atoms with Gasteiger partial charge in [0.25, 0.3) is 0 Å². The first-order valence-electron chi connectivity index (χ1n) is 5.22. The molecule has 0 atom stereocenters. The van der Waals surface area contributed by atoms with Crippen LogP contribution in [-0.2, 0) is 10.4 Å². The van der Waals surface area contributed by atoms with Crippen molar-refractivity contribution in [2.45, 2.75) is 0 Å². The number of benzene rings is 2. The van der Waals surface area contributed by atoms with Crippen LogP contribution in [0.1, 0.15) is 0 Å². The van der Waals surface area contributed by atoms with Crippen molar-refractivity contribution < 1.29 is 120 Å². The monoisotopic (exact) mass is 354 g/mol. The second-order valence-corrected chi connectivity index (χ2v) is 4.43. The third kappa shape index (κ3) is 8.02. The molecule has 6 nitrogen and oxygen atoms in total. The van der Waals surface area contributed by atoms with Crippen molar-refractivity contribution in [2.75, 3.05) is 0 Å². The SMILES string of the molecule is O=S(=O)([O-])[O-].[K+].[K+].c1ccc2nc3ccccc3nc2c1. The van der Waals surface area contributed by atoms with Gasteiger partial charge in [-0.15, -0.1) is 0 Å². The molecule has 0 spiro atoms. The van der Waals surface area contributed by atoms with Crippen molar-refractivity contribution in [2.24, 2.45) is 0 Å². The van der Waals surface area contributed by atoms with Crippen LogP contribution in [0.25, 0.3) is 22.1 Å². The molecule has 9 heteroatoms. The normalized spacial score (nSPS) is 10.0. The molecule has 0 N–H and O–H groups in total. The Morgan fingerprint density at radius 3 is 1.05 bits per heavy atom. The Labute approximate surface area is 207 Å². The third-order valence-electron chi connectivity index (χ3n) is 2.25. The zero-order valence-corrected chi connectivity index (χ0v) is 18.6. The number of hydrogen-bond acceptors (Lipinski definition) is 6. The fourth-order valence-corrected chi connectivity index (χ4v) is 1.57. The van der Waals surface area contributed by atoms with E-state index in [4.69, 9.17) is 17.5 Å². The van der Waals surface area contributed by atoms with Crippen LogP contribution in [0.2, 0.25) is 0 Å². The van der Waals surface area contributed by atoms with Gasteiger partial charge in [-0.1, -0.05) is 24.3 Å². The molecule has 0 fully saturated rings. The maximum absolute atomic E-state index is 8.52. The number of para-hydroxylation sites is 4. The van der Waals surface area contributed by atoms with Gasteiger partial charge in [-0.25, -0.2) is 9.97 Å². The molecular weight excluding hydrogens is 346 g/mol. The summed E-state index contributed by atoms with van der Waals surface area (Å²) in [6.07, 6.45) is 0. The third-order valence-corrected chi connectivity index (χ3v) is 2.25. The minimum Gasteiger partial charge on any atom is -0.759 e. The van der Waals surface area contributed by atoms with Crippen LogP contribution in [-0.4, -0.2) is 27.5 Å². The molecule has 0 aliphatic carbocycles. The maximum atomic E-state index is 8.52. The molecule has 21 heavy (non-hydrogen) atoms. The molecule has 3 rings (SSSR count). The second-order valence-electron chi connectivity index (χ2n) is 3.61. The first-order chi connectivity index (χ1) is 8.93. The van der Waals surface area contributed by atoms with Crippen molar-refractivity contribution in [1.82, 2.24) is 9.97 Å². The van der Waals surface area contributed by atoms with Crippen molar-refractivity contribution >= 4 is 32.5 Å². The number of fused-ring (bicyclic) bond motifs is 2. The first-order valence-corrected chi connectivity index (χ1v) is 6.55. The first kappa shape index (κ1) is 22.2. The van der Waals surface area contributed by atoms with Crippen molar-refractivity contribution in [1.29, 1.82) is 0 Å². The predicted octanol–water partition coefficient (Wildman–Crippen LogP) is -4.55. The Balaban J connectivity index is 0.000000507. The molecule has 2 aromatic carbocycles. The Morgan fingerprint density at radius 1 is 0.667 bits per heavy atom. The van der Waals surface area contributed by atoms with Gasteiger partial charge < -0.3 is 9.11 Å². The predicted molar refractivity (Wildman–Crippen MR) is 67.5 cm³/mol. The van der Waals surface area contributed by atoms with Gasteiger partial charge in [0.2, 0.25) is 0 Å². The standard InChI is InChI=1S/C12H8N2.2K.H2O4S/c1-2-6-10-9(5-1)13-11-7-3-4-8-12(11)14-10;;;1-5(2,3)4/h1-8H;;;(H2,1,2,3,4)/q;2*+1;/p-2. The average Bonchev–Trinajstić information content (AvgIpc) is 2.34. The topological polar surface area (TPSA) is 106 Å². The molecule has 0 unspecified atom stereocenters. The van der Waals surface area contributed by atoms with E-state index in [1.165, 1.54) is 0 Å². The minimum atomic E-state index is -5.17. The summed E-state index contributed by atoms with van der Waals surface area (Å²) in [6, 6.07) is 15.8. The van der Waals surface area contributed by atoms with Crippen molar-refractivity contribution in [3.8, 4) is 0 Å². The van der Waals surface area contributed by atoms with E-state index < -0.39 is 10.4 Å². The molecule has 0 saturated carbocycles. The van der Waals surface area contributed by atoms with E-state index in [0.717, 1.165) is 22.1 Å². The second kappa shape index (κ2) is 10.1. The molecular formula is C12H8K2N2O4S. The van der Waals surface area contributed by atoms with E-state index in [1.54, 1.807) is 0 Å². The summed E-state index contributed by atoms with van der Waals surface area (Å²) in [5.41, 5.74) is 3.80. The average molecular weight is 354 g/mol. The van der Waals surface area contributed by atoms with Crippen LogP contribution in [0.3, 0.4) is 0 Å². The van der Waals surface area contributed by atoms with E-state index in [1.807, 2.05) is 48.5 Å². The Hall–Kier alpha value is 1.18. The van der Waals surface area contributed by atoms with Crippen LogP contribution < -0.4 is 103 Å². The quantitative estimate of drug-likeness (QED) is 0.174. The van der Waals surface area contributed by atoms with Crippen LogP contribution in [0, 0.1) is 0 Å². The van der Waals surface area contributed by atoms with Crippen LogP contribution >= 0.6 is 0 Å². The molecule has 1 aromatic heterocycles. The van der Waals surface area contributed by atoms with Crippen LogP contribution in [0.5, 0.6) is 0 Å². The summed E-state index contributed by atoms with van der Waals surface area (Å²) in [6.45, 7) is 0. The Morgan fingerprint density at radius 2 is 0.857 bits per heavy atom. The van der Waals surface area contributed by atoms with Gasteiger partial charge in [0.1, 0.15) is 0 Å². The minimum absolute atomic E-state index is 0. The number of rotatable bonds is 0. The number of hydrogen-bond donors (Lipinski definition) is 0. The summed E-state index contributed by atoms with van der Waals surface area (Å²) in [5, 5.41) is 0. The smallest absolute Gasteiger partial charge is 0.759 e. The van der Waals surface area contributed by atoms with E-state index in [2.05, 4.69) is 9.97 Å². The molecule has 1 heterocycles. The Kier molecular flexibility index (Phi) is 10.7. The van der Waals surface area contributed by atoms with Gasteiger partial charge >= 0.3 is 103 Å². The van der Waals surface area contributed by atoms with E-state index >= 15 is 0 Å². The fraction of sp³-hybridized carbons (Fsp3) is 0. The fourth-order valence-electron chi connectivity index (χ4n) is 1.57. The van der Waals surface area contributed by atoms with Gasteiger partial charge in [-0.2, -0.15) is 0 Å². The molecule has 0 bridgehead atoms. The molecule has 0 aliphatic heterocycles. The molecule has 0 amide bonds. The summed E-state index contributed by atoms with van der Waals surface area (Å²) < 4.78 is 34.1. The Bertz CT molecular complexity index is 714. The maximum Gasteiger partial charge on any atom is 1.00 e. The molecule has 98 valence electrons. The van der Waals surface area contributed by atoms with Crippen molar-refractivity contribution in [3.05, 3.63) is 48.5 Å². The number of aromatic nitrogens is 2. The van der Waals surface area contributed by atoms with Crippen LogP contribution in [0.15, 0.2) is 48.5 Å². The summed E-state index contributed by atoms with van der Waals surface area (Å²) >= 11 is 0. The zero-order valence-electron chi connectivity index (χ0n) is 11.6. The molecule has 0 aliphatic rings. The van der Waals surface area contributed by atoms with Crippen molar-refractivity contribution in [3.63, 3.8) is 0 Å². The summed E-state index contributed by atoms with van der Waals surface area (Å²) in [4.78, 5) is 9.03. The largest absolute Gasteiger partial charge is 1.00 e. The zero-order chi connectivity index (χ0) is 13.9.